The van der Waals surface area contributed by atoms with Crippen molar-refractivity contribution < 1.29 is 4.39 Å². The smallest absolute Gasteiger partial charge is 0.128 e. The Morgan fingerprint density at radius 2 is 1.72 bits per heavy atom. The minimum atomic E-state index is -0.292. The van der Waals surface area contributed by atoms with E-state index in [2.05, 4.69) is 44.7 Å². The fraction of sp³-hybridized carbons (Fsp3) is 0.600. The van der Waals surface area contributed by atoms with Crippen molar-refractivity contribution in [2.45, 2.75) is 26.3 Å². The molecule has 0 aliphatic carbocycles. The van der Waals surface area contributed by atoms with E-state index in [0.717, 1.165) is 25.2 Å². The quantitative estimate of drug-likeness (QED) is 0.768. The fourth-order valence-corrected chi connectivity index (χ4v) is 1.92. The molecule has 0 aromatic heterocycles. The van der Waals surface area contributed by atoms with E-state index in [9.17, 15) is 4.39 Å². The highest BCUT2D eigenvalue weighted by atomic mass is 19.1. The summed E-state index contributed by atoms with van der Waals surface area (Å²) in [7, 11) is 4.15. The largest absolute Gasteiger partial charge is 0.305 e. The standard InChI is InChI=1S/C15H25FN2/c1-6-17(4)11-12-18(5)15(2,3)13-9-7-8-10-14(13)16/h7-10H,6,11-12H2,1-5H3. The molecule has 1 rings (SSSR count). The zero-order valence-electron chi connectivity index (χ0n) is 12.2. The first-order valence-corrected chi connectivity index (χ1v) is 6.54. The summed E-state index contributed by atoms with van der Waals surface area (Å²) in [5.41, 5.74) is 0.464. The first-order chi connectivity index (χ1) is 8.39. The Bertz CT molecular complexity index is 377. The van der Waals surface area contributed by atoms with Gasteiger partial charge in [0.15, 0.2) is 0 Å². The van der Waals surface area contributed by atoms with Crippen LogP contribution in [0.15, 0.2) is 24.3 Å². The third kappa shape index (κ3) is 3.53. The van der Waals surface area contributed by atoms with Crippen molar-refractivity contribution in [2.75, 3.05) is 33.7 Å². The second-order valence-electron chi connectivity index (χ2n) is 5.36. The van der Waals surface area contributed by atoms with Gasteiger partial charge in [0, 0.05) is 24.2 Å². The molecule has 18 heavy (non-hydrogen) atoms. The van der Waals surface area contributed by atoms with Gasteiger partial charge in [-0.15, -0.1) is 0 Å². The molecule has 1 aromatic carbocycles. The average molecular weight is 252 g/mol. The molecule has 1 aromatic rings. The first-order valence-electron chi connectivity index (χ1n) is 6.54. The van der Waals surface area contributed by atoms with Crippen LogP contribution in [0.25, 0.3) is 0 Å². The topological polar surface area (TPSA) is 6.48 Å². The Kier molecular flexibility index (Phi) is 5.29. The number of halogens is 1. The number of hydrogen-bond donors (Lipinski definition) is 0. The molecule has 3 heteroatoms. The minimum Gasteiger partial charge on any atom is -0.305 e. The number of nitrogens with zero attached hydrogens (tertiary/aromatic N) is 2. The molecule has 0 aliphatic heterocycles. The Balaban J connectivity index is 2.76. The van der Waals surface area contributed by atoms with Crippen molar-refractivity contribution in [2.24, 2.45) is 0 Å². The van der Waals surface area contributed by atoms with Crippen LogP contribution in [-0.4, -0.2) is 43.5 Å². The lowest BCUT2D eigenvalue weighted by Crippen LogP contribution is -2.43. The first kappa shape index (κ1) is 15.1. The van der Waals surface area contributed by atoms with E-state index < -0.39 is 0 Å². The van der Waals surface area contributed by atoms with Crippen LogP contribution in [0.2, 0.25) is 0 Å². The predicted molar refractivity (Wildman–Crippen MR) is 75.2 cm³/mol. The summed E-state index contributed by atoms with van der Waals surface area (Å²) >= 11 is 0. The lowest BCUT2D eigenvalue weighted by Gasteiger charge is -2.37. The highest BCUT2D eigenvalue weighted by molar-refractivity contribution is 5.24. The molecule has 0 aliphatic rings. The van der Waals surface area contributed by atoms with Gasteiger partial charge in [-0.2, -0.15) is 0 Å². The van der Waals surface area contributed by atoms with Crippen molar-refractivity contribution in [3.8, 4) is 0 Å². The predicted octanol–water partition coefficient (Wildman–Crippen LogP) is 2.94. The molecule has 0 radical (unpaired) electrons. The molecule has 0 saturated heterocycles. The molecule has 0 N–H and O–H groups in total. The molecule has 102 valence electrons. The zero-order valence-corrected chi connectivity index (χ0v) is 12.2. The van der Waals surface area contributed by atoms with Crippen LogP contribution in [0, 0.1) is 5.82 Å². The average Bonchev–Trinajstić information content (AvgIpc) is 2.35. The minimum absolute atomic E-state index is 0.127. The van der Waals surface area contributed by atoms with E-state index in [1.165, 1.54) is 6.07 Å². The summed E-state index contributed by atoms with van der Waals surface area (Å²) in [4.78, 5) is 4.46. The maximum atomic E-state index is 13.9. The molecule has 0 atom stereocenters. The Hall–Kier alpha value is -0.930. The second-order valence-corrected chi connectivity index (χ2v) is 5.36. The highest BCUT2D eigenvalue weighted by Gasteiger charge is 2.28. The van der Waals surface area contributed by atoms with E-state index in [0.29, 0.717) is 0 Å². The number of benzene rings is 1. The Labute approximate surface area is 110 Å². The van der Waals surface area contributed by atoms with E-state index in [-0.39, 0.29) is 11.4 Å². The highest BCUT2D eigenvalue weighted by Crippen LogP contribution is 2.28. The van der Waals surface area contributed by atoms with Crippen LogP contribution in [0.5, 0.6) is 0 Å². The molecule has 2 nitrogen and oxygen atoms in total. The Morgan fingerprint density at radius 1 is 1.11 bits per heavy atom. The van der Waals surface area contributed by atoms with Crippen molar-refractivity contribution in [1.82, 2.24) is 9.80 Å². The van der Waals surface area contributed by atoms with Gasteiger partial charge in [-0.25, -0.2) is 4.39 Å². The van der Waals surface area contributed by atoms with Gasteiger partial charge < -0.3 is 4.90 Å². The van der Waals surface area contributed by atoms with Gasteiger partial charge in [0.2, 0.25) is 0 Å². The van der Waals surface area contributed by atoms with Gasteiger partial charge in [-0.3, -0.25) is 4.90 Å². The van der Waals surface area contributed by atoms with Gasteiger partial charge in [0.1, 0.15) is 5.82 Å². The molecular formula is C15H25FN2. The molecule has 0 unspecified atom stereocenters. The number of likely N-dealkylation sites (N-methyl/N-ethyl adjacent to an activating group) is 2. The van der Waals surface area contributed by atoms with Crippen LogP contribution >= 0.6 is 0 Å². The molecule has 0 saturated carbocycles. The van der Waals surface area contributed by atoms with E-state index in [1.54, 1.807) is 6.07 Å². The van der Waals surface area contributed by atoms with Crippen molar-refractivity contribution in [1.29, 1.82) is 0 Å². The maximum absolute atomic E-state index is 13.9. The second kappa shape index (κ2) is 6.30. The molecule has 0 fully saturated rings. The summed E-state index contributed by atoms with van der Waals surface area (Å²) in [6.07, 6.45) is 0. The normalized spacial score (nSPS) is 12.4. The van der Waals surface area contributed by atoms with Crippen LogP contribution < -0.4 is 0 Å². The summed E-state index contributed by atoms with van der Waals surface area (Å²) in [5, 5.41) is 0. The third-order valence-corrected chi connectivity index (χ3v) is 3.84. The third-order valence-electron chi connectivity index (χ3n) is 3.84. The summed E-state index contributed by atoms with van der Waals surface area (Å²) in [6, 6.07) is 7.03. The van der Waals surface area contributed by atoms with Gasteiger partial charge in [0.25, 0.3) is 0 Å². The van der Waals surface area contributed by atoms with Crippen LogP contribution in [0.1, 0.15) is 26.3 Å². The lowest BCUT2D eigenvalue weighted by molar-refractivity contribution is 0.135. The lowest BCUT2D eigenvalue weighted by atomic mass is 9.92. The summed E-state index contributed by atoms with van der Waals surface area (Å²) in [5.74, 6) is -0.127. The zero-order chi connectivity index (χ0) is 13.8. The summed E-state index contributed by atoms with van der Waals surface area (Å²) < 4.78 is 13.9. The van der Waals surface area contributed by atoms with Crippen molar-refractivity contribution >= 4 is 0 Å². The monoisotopic (exact) mass is 252 g/mol. The van der Waals surface area contributed by atoms with Gasteiger partial charge >= 0.3 is 0 Å². The molecule has 0 bridgehead atoms. The maximum Gasteiger partial charge on any atom is 0.128 e. The van der Waals surface area contributed by atoms with Crippen molar-refractivity contribution in [3.63, 3.8) is 0 Å². The number of hydrogen-bond acceptors (Lipinski definition) is 2. The molecule has 0 amide bonds. The van der Waals surface area contributed by atoms with Crippen molar-refractivity contribution in [3.05, 3.63) is 35.6 Å². The van der Waals surface area contributed by atoms with Crippen LogP contribution in [0.3, 0.4) is 0 Å². The molecule has 0 heterocycles. The molecule has 0 spiro atoms. The van der Waals surface area contributed by atoms with Gasteiger partial charge in [0.05, 0.1) is 0 Å². The van der Waals surface area contributed by atoms with E-state index in [1.807, 2.05) is 12.1 Å². The van der Waals surface area contributed by atoms with E-state index >= 15 is 0 Å². The number of rotatable bonds is 6. The van der Waals surface area contributed by atoms with Gasteiger partial charge in [-0.05, 0) is 40.6 Å². The van der Waals surface area contributed by atoms with E-state index in [4.69, 9.17) is 0 Å². The van der Waals surface area contributed by atoms with Gasteiger partial charge in [-0.1, -0.05) is 25.1 Å². The fourth-order valence-electron chi connectivity index (χ4n) is 1.92. The Morgan fingerprint density at radius 3 is 2.28 bits per heavy atom. The SMILES string of the molecule is CCN(C)CCN(C)C(C)(C)c1ccccc1F. The van der Waals surface area contributed by atoms with Crippen LogP contribution in [0.4, 0.5) is 4.39 Å². The van der Waals surface area contributed by atoms with Crippen LogP contribution in [-0.2, 0) is 5.54 Å². The summed E-state index contributed by atoms with van der Waals surface area (Å²) in [6.45, 7) is 9.22. The molecular weight excluding hydrogens is 227 g/mol.